The zero-order valence-electron chi connectivity index (χ0n) is 9.91. The van der Waals surface area contributed by atoms with Crippen LogP contribution in [0.15, 0.2) is 24.3 Å². The first-order valence-electron chi connectivity index (χ1n) is 5.40. The topological polar surface area (TPSA) is 46.2 Å². The summed E-state index contributed by atoms with van der Waals surface area (Å²) in [5.74, 6) is 0.224. The summed E-state index contributed by atoms with van der Waals surface area (Å²) in [5, 5.41) is 2.67. The van der Waals surface area contributed by atoms with Gasteiger partial charge in [-0.15, -0.1) is 0 Å². The molecule has 0 fully saturated rings. The van der Waals surface area contributed by atoms with Crippen molar-refractivity contribution >= 4 is 17.4 Å². The van der Waals surface area contributed by atoms with E-state index in [4.69, 9.17) is 0 Å². The Morgan fingerprint density at radius 1 is 1.25 bits per heavy atom. The van der Waals surface area contributed by atoms with Crippen LogP contribution in [0.5, 0.6) is 0 Å². The number of nitrogens with one attached hydrogen (secondary N) is 1. The summed E-state index contributed by atoms with van der Waals surface area (Å²) >= 11 is 0. The lowest BCUT2D eigenvalue weighted by atomic mass is 10.00. The molecule has 0 radical (unpaired) electrons. The number of para-hydroxylation sites is 1. The van der Waals surface area contributed by atoms with Gasteiger partial charge in [0.15, 0.2) is 5.78 Å². The number of benzene rings is 1. The molecule has 1 amide bonds. The first kappa shape index (κ1) is 12.4. The fraction of sp³-hybridized carbons (Fsp3) is 0.385. The molecule has 1 aromatic rings. The van der Waals surface area contributed by atoms with E-state index >= 15 is 0 Å². The Hall–Kier alpha value is -1.64. The van der Waals surface area contributed by atoms with Crippen molar-refractivity contribution in [3.8, 4) is 0 Å². The number of anilines is 1. The molecule has 1 aromatic carbocycles. The Labute approximate surface area is 95.9 Å². The summed E-state index contributed by atoms with van der Waals surface area (Å²) in [7, 11) is 0. The van der Waals surface area contributed by atoms with Gasteiger partial charge in [0.05, 0.1) is 5.69 Å². The molecule has 0 atom stereocenters. The molecule has 0 unspecified atom stereocenters. The van der Waals surface area contributed by atoms with Crippen molar-refractivity contribution in [1.82, 2.24) is 0 Å². The molecule has 3 nitrogen and oxygen atoms in total. The van der Waals surface area contributed by atoms with Gasteiger partial charge in [-0.2, -0.15) is 0 Å². The maximum absolute atomic E-state index is 11.9. The molecule has 0 aliphatic carbocycles. The SMILES string of the molecule is CC(=O)Nc1ccccc1C(=O)CC(C)C. The van der Waals surface area contributed by atoms with Crippen molar-refractivity contribution in [3.63, 3.8) is 0 Å². The lowest BCUT2D eigenvalue weighted by Gasteiger charge is -2.09. The highest BCUT2D eigenvalue weighted by Crippen LogP contribution is 2.18. The quantitative estimate of drug-likeness (QED) is 0.791. The molecule has 0 heterocycles. The number of hydrogen-bond acceptors (Lipinski definition) is 2. The second kappa shape index (κ2) is 5.45. The van der Waals surface area contributed by atoms with Crippen LogP contribution in [0.2, 0.25) is 0 Å². The second-order valence-corrected chi connectivity index (χ2v) is 4.25. The summed E-state index contributed by atoms with van der Waals surface area (Å²) in [6.07, 6.45) is 0.497. The summed E-state index contributed by atoms with van der Waals surface area (Å²) < 4.78 is 0. The van der Waals surface area contributed by atoms with Gasteiger partial charge in [0.1, 0.15) is 0 Å². The van der Waals surface area contributed by atoms with Crippen molar-refractivity contribution in [3.05, 3.63) is 29.8 Å². The molecule has 1 N–H and O–H groups in total. The summed E-state index contributed by atoms with van der Waals surface area (Å²) in [4.78, 5) is 22.9. The van der Waals surface area contributed by atoms with Crippen LogP contribution >= 0.6 is 0 Å². The molecule has 0 saturated carbocycles. The van der Waals surface area contributed by atoms with Crippen LogP contribution in [-0.2, 0) is 4.79 Å². The highest BCUT2D eigenvalue weighted by Gasteiger charge is 2.12. The normalized spacial score (nSPS) is 10.2. The Morgan fingerprint density at radius 2 is 1.88 bits per heavy atom. The first-order chi connectivity index (χ1) is 7.50. The molecule has 0 saturated heterocycles. The minimum Gasteiger partial charge on any atom is -0.326 e. The largest absolute Gasteiger partial charge is 0.326 e. The number of carbonyl (C=O) groups excluding carboxylic acids is 2. The fourth-order valence-electron chi connectivity index (χ4n) is 1.51. The monoisotopic (exact) mass is 219 g/mol. The van der Waals surface area contributed by atoms with Crippen LogP contribution in [0.4, 0.5) is 5.69 Å². The van der Waals surface area contributed by atoms with Crippen molar-refractivity contribution < 1.29 is 9.59 Å². The number of hydrogen-bond donors (Lipinski definition) is 1. The highest BCUT2D eigenvalue weighted by molar-refractivity contribution is 6.04. The van der Waals surface area contributed by atoms with Gasteiger partial charge >= 0.3 is 0 Å². The average Bonchev–Trinajstić information content (AvgIpc) is 2.16. The fourth-order valence-corrected chi connectivity index (χ4v) is 1.51. The predicted molar refractivity (Wildman–Crippen MR) is 64.5 cm³/mol. The smallest absolute Gasteiger partial charge is 0.221 e. The van der Waals surface area contributed by atoms with E-state index in [-0.39, 0.29) is 11.7 Å². The van der Waals surface area contributed by atoms with E-state index < -0.39 is 0 Å². The van der Waals surface area contributed by atoms with Crippen LogP contribution in [0, 0.1) is 5.92 Å². The third-order valence-electron chi connectivity index (χ3n) is 2.13. The highest BCUT2D eigenvalue weighted by atomic mass is 16.1. The molecular formula is C13H17NO2. The van der Waals surface area contributed by atoms with E-state index in [0.29, 0.717) is 23.6 Å². The molecular weight excluding hydrogens is 202 g/mol. The minimum absolute atomic E-state index is 0.0688. The number of rotatable bonds is 4. The van der Waals surface area contributed by atoms with E-state index in [9.17, 15) is 9.59 Å². The average molecular weight is 219 g/mol. The minimum atomic E-state index is -0.162. The van der Waals surface area contributed by atoms with Crippen LogP contribution in [0.25, 0.3) is 0 Å². The maximum Gasteiger partial charge on any atom is 0.221 e. The van der Waals surface area contributed by atoms with Gasteiger partial charge in [-0.05, 0) is 18.1 Å². The third kappa shape index (κ3) is 3.50. The first-order valence-corrected chi connectivity index (χ1v) is 5.40. The molecule has 0 aromatic heterocycles. The van der Waals surface area contributed by atoms with Gasteiger partial charge in [0.2, 0.25) is 5.91 Å². The molecule has 1 rings (SSSR count). The van der Waals surface area contributed by atoms with Gasteiger partial charge in [-0.3, -0.25) is 9.59 Å². The van der Waals surface area contributed by atoms with Crippen LogP contribution in [0.1, 0.15) is 37.6 Å². The van der Waals surface area contributed by atoms with E-state index in [1.165, 1.54) is 6.92 Å². The molecule has 86 valence electrons. The molecule has 0 aliphatic heterocycles. The predicted octanol–water partition coefficient (Wildman–Crippen LogP) is 2.87. The lowest BCUT2D eigenvalue weighted by Crippen LogP contribution is -2.12. The van der Waals surface area contributed by atoms with Gasteiger partial charge in [0.25, 0.3) is 0 Å². The maximum atomic E-state index is 11.9. The second-order valence-electron chi connectivity index (χ2n) is 4.25. The Morgan fingerprint density at radius 3 is 2.44 bits per heavy atom. The third-order valence-corrected chi connectivity index (χ3v) is 2.13. The van der Waals surface area contributed by atoms with E-state index in [1.807, 2.05) is 13.8 Å². The zero-order chi connectivity index (χ0) is 12.1. The van der Waals surface area contributed by atoms with Gasteiger partial charge in [-0.1, -0.05) is 26.0 Å². The summed E-state index contributed by atoms with van der Waals surface area (Å²) in [6, 6.07) is 7.10. The Bertz CT molecular complexity index is 397. The van der Waals surface area contributed by atoms with Crippen LogP contribution in [0.3, 0.4) is 0 Å². The van der Waals surface area contributed by atoms with E-state index in [2.05, 4.69) is 5.32 Å². The van der Waals surface area contributed by atoms with Crippen LogP contribution in [-0.4, -0.2) is 11.7 Å². The zero-order valence-corrected chi connectivity index (χ0v) is 9.91. The molecule has 0 spiro atoms. The van der Waals surface area contributed by atoms with Gasteiger partial charge in [0, 0.05) is 18.9 Å². The number of Topliss-reactive ketones (excluding diaryl/α,β-unsaturated/α-hetero) is 1. The van der Waals surface area contributed by atoms with Crippen molar-refractivity contribution in [2.45, 2.75) is 27.2 Å². The Kier molecular flexibility index (Phi) is 4.23. The van der Waals surface area contributed by atoms with E-state index in [1.54, 1.807) is 24.3 Å². The number of ketones is 1. The summed E-state index contributed by atoms with van der Waals surface area (Å²) in [6.45, 7) is 5.43. The van der Waals surface area contributed by atoms with Gasteiger partial charge in [-0.25, -0.2) is 0 Å². The van der Waals surface area contributed by atoms with Crippen molar-refractivity contribution in [1.29, 1.82) is 0 Å². The van der Waals surface area contributed by atoms with Gasteiger partial charge < -0.3 is 5.32 Å². The van der Waals surface area contributed by atoms with E-state index in [0.717, 1.165) is 0 Å². The molecule has 16 heavy (non-hydrogen) atoms. The summed E-state index contributed by atoms with van der Waals surface area (Å²) in [5.41, 5.74) is 1.19. The van der Waals surface area contributed by atoms with Crippen molar-refractivity contribution in [2.75, 3.05) is 5.32 Å². The molecule has 3 heteroatoms. The molecule has 0 bridgehead atoms. The standard InChI is InChI=1S/C13H17NO2/c1-9(2)8-13(16)11-6-4-5-7-12(11)14-10(3)15/h4-7,9H,8H2,1-3H3,(H,14,15). The number of carbonyl (C=O) groups is 2. The van der Waals surface area contributed by atoms with Crippen LogP contribution < -0.4 is 5.32 Å². The molecule has 0 aliphatic rings. The Balaban J connectivity index is 2.94. The lowest BCUT2D eigenvalue weighted by molar-refractivity contribution is -0.114. The van der Waals surface area contributed by atoms with Crippen molar-refractivity contribution in [2.24, 2.45) is 5.92 Å². The number of amides is 1.